The molecule has 1 aromatic rings. The van der Waals surface area contributed by atoms with E-state index in [9.17, 15) is 31.1 Å². The fourth-order valence-electron chi connectivity index (χ4n) is 3.92. The van der Waals surface area contributed by atoms with E-state index >= 15 is 0 Å². The van der Waals surface area contributed by atoms with Crippen molar-refractivity contribution in [3.63, 3.8) is 0 Å². The van der Waals surface area contributed by atoms with Gasteiger partial charge in [-0.15, -0.1) is 0 Å². The van der Waals surface area contributed by atoms with Gasteiger partial charge in [0.05, 0.1) is 13.2 Å². The molecule has 2 fully saturated rings. The van der Waals surface area contributed by atoms with E-state index in [4.69, 9.17) is 24.5 Å². The van der Waals surface area contributed by atoms with Crippen LogP contribution in [-0.4, -0.2) is 127 Å². The molecule has 1 spiro atoms. The number of carboxylic acids is 2. The second-order valence-electron chi connectivity index (χ2n) is 9.30. The summed E-state index contributed by atoms with van der Waals surface area (Å²) >= 11 is 0. The molecule has 1 unspecified atom stereocenters. The Kier molecular flexibility index (Phi) is 13.1. The molecular weight excluding hydrogens is 542 g/mol. The lowest BCUT2D eigenvalue weighted by atomic mass is 9.80. The predicted octanol–water partition coefficient (Wildman–Crippen LogP) is 2.46. The number of carbonyl (C=O) groups excluding carboxylic acids is 1. The molecule has 1 aromatic heterocycles. The zero-order chi connectivity index (χ0) is 29.9. The molecule has 3 rings (SSSR count). The van der Waals surface area contributed by atoms with Gasteiger partial charge in [0.15, 0.2) is 0 Å². The lowest BCUT2D eigenvalue weighted by Gasteiger charge is -2.43. The standard InChI is InChI=1S/C19H30N4O2.2C2HF3O2/c1-21(2)10-11-22-12-13-25-16-19(14-22)6-3-9-23(15-19)18(24)17-4-7-20-8-5-17;2*3-2(4,5)1(6)7/h4-5,7-8H,3,6,9-16H2,1-2H3;2*(H,6,7). The van der Waals surface area contributed by atoms with Gasteiger partial charge in [-0.3, -0.25) is 14.7 Å². The summed E-state index contributed by atoms with van der Waals surface area (Å²) < 4.78 is 69.4. The van der Waals surface area contributed by atoms with Crippen molar-refractivity contribution in [1.82, 2.24) is 19.7 Å². The predicted molar refractivity (Wildman–Crippen MR) is 125 cm³/mol. The monoisotopic (exact) mass is 574 g/mol. The molecule has 39 heavy (non-hydrogen) atoms. The van der Waals surface area contributed by atoms with Crippen LogP contribution in [-0.2, 0) is 14.3 Å². The van der Waals surface area contributed by atoms with Crippen molar-refractivity contribution in [3.05, 3.63) is 30.1 Å². The second kappa shape index (κ2) is 15.0. The molecule has 222 valence electrons. The zero-order valence-corrected chi connectivity index (χ0v) is 21.5. The van der Waals surface area contributed by atoms with Crippen molar-refractivity contribution in [2.75, 3.05) is 66.6 Å². The first-order chi connectivity index (χ1) is 18.0. The number of piperidine rings is 1. The second-order valence-corrected chi connectivity index (χ2v) is 9.30. The Bertz CT molecular complexity index is 908. The maximum absolute atomic E-state index is 12.8. The minimum absolute atomic E-state index is 0.0593. The van der Waals surface area contributed by atoms with Crippen LogP contribution in [0, 0.1) is 5.41 Å². The van der Waals surface area contributed by atoms with E-state index in [0.717, 1.165) is 70.9 Å². The topological polar surface area (TPSA) is 124 Å². The Morgan fingerprint density at radius 2 is 1.54 bits per heavy atom. The SMILES string of the molecule is CN(C)CCN1CCOCC2(CCCN(C(=O)c3ccncc3)C2)C1.O=C(O)C(F)(F)F.O=C(O)C(F)(F)F. The summed E-state index contributed by atoms with van der Waals surface area (Å²) in [6, 6.07) is 3.60. The first-order valence-electron chi connectivity index (χ1n) is 11.7. The summed E-state index contributed by atoms with van der Waals surface area (Å²) in [7, 11) is 4.22. The molecule has 2 aliphatic rings. The summed E-state index contributed by atoms with van der Waals surface area (Å²) in [5.41, 5.74) is 0.787. The normalized spacial score (nSPS) is 20.3. The van der Waals surface area contributed by atoms with Crippen molar-refractivity contribution in [2.24, 2.45) is 5.41 Å². The number of amides is 1. The third kappa shape index (κ3) is 12.6. The Morgan fingerprint density at radius 1 is 1.00 bits per heavy atom. The molecule has 0 saturated carbocycles. The molecule has 2 N–H and O–H groups in total. The van der Waals surface area contributed by atoms with Crippen molar-refractivity contribution >= 4 is 17.8 Å². The molecule has 3 heterocycles. The molecule has 2 aliphatic heterocycles. The zero-order valence-electron chi connectivity index (χ0n) is 21.5. The molecule has 10 nitrogen and oxygen atoms in total. The van der Waals surface area contributed by atoms with Crippen molar-refractivity contribution in [1.29, 1.82) is 0 Å². The lowest BCUT2D eigenvalue weighted by Crippen LogP contribution is -2.52. The van der Waals surface area contributed by atoms with Crippen LogP contribution in [0.4, 0.5) is 26.3 Å². The average Bonchev–Trinajstić information content (AvgIpc) is 3.04. The minimum Gasteiger partial charge on any atom is -0.475 e. The fraction of sp³-hybridized carbons (Fsp3) is 0.652. The minimum atomic E-state index is -5.08. The summed E-state index contributed by atoms with van der Waals surface area (Å²) in [6.07, 6.45) is -4.62. The van der Waals surface area contributed by atoms with Gasteiger partial charge in [0, 0.05) is 62.6 Å². The maximum atomic E-state index is 12.8. The molecule has 2 saturated heterocycles. The first kappa shape index (κ1) is 34.0. The van der Waals surface area contributed by atoms with Crippen molar-refractivity contribution in [2.45, 2.75) is 25.2 Å². The smallest absolute Gasteiger partial charge is 0.475 e. The van der Waals surface area contributed by atoms with Crippen LogP contribution in [0.2, 0.25) is 0 Å². The fourth-order valence-corrected chi connectivity index (χ4v) is 3.92. The van der Waals surface area contributed by atoms with Crippen molar-refractivity contribution < 1.29 is 55.7 Å². The maximum Gasteiger partial charge on any atom is 0.490 e. The molecule has 1 atom stereocenters. The molecule has 0 bridgehead atoms. The molecule has 0 aromatic carbocycles. The van der Waals surface area contributed by atoms with Gasteiger partial charge in [0.1, 0.15) is 0 Å². The molecule has 0 radical (unpaired) electrons. The first-order valence-corrected chi connectivity index (χ1v) is 11.7. The van der Waals surface area contributed by atoms with E-state index in [1.54, 1.807) is 24.5 Å². The summed E-state index contributed by atoms with van der Waals surface area (Å²) in [6.45, 7) is 7.26. The largest absolute Gasteiger partial charge is 0.490 e. The number of carboxylic acid groups (broad SMARTS) is 2. The quantitative estimate of drug-likeness (QED) is 0.522. The number of likely N-dealkylation sites (tertiary alicyclic amines) is 1. The number of ether oxygens (including phenoxy) is 1. The highest BCUT2D eigenvalue weighted by Gasteiger charge is 2.41. The third-order valence-electron chi connectivity index (χ3n) is 5.74. The molecule has 1 amide bonds. The van der Waals surface area contributed by atoms with E-state index in [-0.39, 0.29) is 11.3 Å². The van der Waals surface area contributed by atoms with E-state index in [1.807, 2.05) is 4.90 Å². The van der Waals surface area contributed by atoms with Crippen LogP contribution in [0.3, 0.4) is 0 Å². The van der Waals surface area contributed by atoms with Crippen LogP contribution in [0.25, 0.3) is 0 Å². The number of alkyl halides is 6. The number of aromatic nitrogens is 1. The number of halogens is 6. The summed E-state index contributed by atoms with van der Waals surface area (Å²) in [5.74, 6) is -5.40. The van der Waals surface area contributed by atoms with Gasteiger partial charge in [-0.2, -0.15) is 26.3 Å². The van der Waals surface area contributed by atoms with Crippen molar-refractivity contribution in [3.8, 4) is 0 Å². The number of likely N-dealkylation sites (N-methyl/N-ethyl adjacent to an activating group) is 1. The summed E-state index contributed by atoms with van der Waals surface area (Å²) in [5, 5.41) is 14.2. The number of hydrogen-bond donors (Lipinski definition) is 2. The number of nitrogens with zero attached hydrogens (tertiary/aromatic N) is 4. The Morgan fingerprint density at radius 3 is 2.03 bits per heavy atom. The highest BCUT2D eigenvalue weighted by atomic mass is 19.4. The van der Waals surface area contributed by atoms with E-state index in [2.05, 4.69) is 28.9 Å². The third-order valence-corrected chi connectivity index (χ3v) is 5.74. The van der Waals surface area contributed by atoms with E-state index in [0.29, 0.717) is 0 Å². The molecule has 16 heteroatoms. The summed E-state index contributed by atoms with van der Waals surface area (Å²) in [4.78, 5) is 41.4. The van der Waals surface area contributed by atoms with Crippen LogP contribution < -0.4 is 0 Å². The van der Waals surface area contributed by atoms with E-state index < -0.39 is 24.3 Å². The number of rotatable bonds is 4. The van der Waals surface area contributed by atoms with Gasteiger partial charge in [0.2, 0.25) is 0 Å². The Labute approximate surface area is 221 Å². The van der Waals surface area contributed by atoms with Gasteiger partial charge in [-0.05, 0) is 39.1 Å². The number of carbonyl (C=O) groups is 3. The van der Waals surface area contributed by atoms with Gasteiger partial charge in [-0.25, -0.2) is 9.59 Å². The van der Waals surface area contributed by atoms with E-state index in [1.165, 1.54) is 0 Å². The average molecular weight is 575 g/mol. The van der Waals surface area contributed by atoms with Gasteiger partial charge >= 0.3 is 24.3 Å². The highest BCUT2D eigenvalue weighted by molar-refractivity contribution is 5.94. The van der Waals surface area contributed by atoms with Crippen LogP contribution in [0.5, 0.6) is 0 Å². The number of pyridine rings is 1. The highest BCUT2D eigenvalue weighted by Crippen LogP contribution is 2.33. The van der Waals surface area contributed by atoms with Crippen LogP contribution in [0.1, 0.15) is 23.2 Å². The van der Waals surface area contributed by atoms with Crippen LogP contribution in [0.15, 0.2) is 24.5 Å². The van der Waals surface area contributed by atoms with Crippen LogP contribution >= 0.6 is 0 Å². The van der Waals surface area contributed by atoms with Gasteiger partial charge < -0.3 is 24.7 Å². The van der Waals surface area contributed by atoms with Gasteiger partial charge in [-0.1, -0.05) is 0 Å². The Hall–Kier alpha value is -2.98. The molecule has 0 aliphatic carbocycles. The van der Waals surface area contributed by atoms with Gasteiger partial charge in [0.25, 0.3) is 5.91 Å². The number of aliphatic carboxylic acids is 2. The Balaban J connectivity index is 0.000000449. The number of hydrogen-bond acceptors (Lipinski definition) is 7. The lowest BCUT2D eigenvalue weighted by molar-refractivity contribution is -0.193. The molecular formula is C23H32F6N4O6.